The SMILES string of the molecule is Cc1ccc2c(Cl)cc(Cl)c(O)c2n1.Oc1ccc(Cl)c2cccnc12. The maximum atomic E-state index is 9.65. The smallest absolute Gasteiger partial charge is 0.160 e. The molecule has 0 fully saturated rings. The summed E-state index contributed by atoms with van der Waals surface area (Å²) in [5.74, 6) is 0.143. The van der Waals surface area contributed by atoms with Crippen LogP contribution in [-0.2, 0) is 0 Å². The number of aromatic hydroxyl groups is 2. The van der Waals surface area contributed by atoms with E-state index < -0.39 is 0 Å². The van der Waals surface area contributed by atoms with Crippen molar-refractivity contribution >= 4 is 56.6 Å². The van der Waals surface area contributed by atoms with Crippen molar-refractivity contribution in [1.82, 2.24) is 9.97 Å². The van der Waals surface area contributed by atoms with Gasteiger partial charge in [0.15, 0.2) is 5.75 Å². The first-order valence-electron chi connectivity index (χ1n) is 7.55. The van der Waals surface area contributed by atoms with Crippen LogP contribution >= 0.6 is 34.8 Å². The monoisotopic (exact) mass is 406 g/mol. The molecule has 0 saturated carbocycles. The largest absolute Gasteiger partial charge is 0.506 e. The van der Waals surface area contributed by atoms with Crippen molar-refractivity contribution in [2.75, 3.05) is 0 Å². The molecule has 0 aliphatic heterocycles. The lowest BCUT2D eigenvalue weighted by Gasteiger charge is -2.05. The molecule has 2 aromatic heterocycles. The third-order valence-corrected chi connectivity index (χ3v) is 4.62. The Morgan fingerprint density at radius 1 is 0.808 bits per heavy atom. The molecular formula is C19H13Cl3N2O2. The van der Waals surface area contributed by atoms with Crippen LogP contribution in [0.1, 0.15) is 5.69 Å². The lowest BCUT2D eigenvalue weighted by atomic mass is 10.2. The molecular weight excluding hydrogens is 395 g/mol. The van der Waals surface area contributed by atoms with Gasteiger partial charge in [-0.05, 0) is 49.4 Å². The van der Waals surface area contributed by atoms with Crippen molar-refractivity contribution in [1.29, 1.82) is 0 Å². The minimum Gasteiger partial charge on any atom is -0.506 e. The van der Waals surface area contributed by atoms with Gasteiger partial charge < -0.3 is 10.2 Å². The first-order valence-corrected chi connectivity index (χ1v) is 8.68. The molecule has 0 aliphatic rings. The van der Waals surface area contributed by atoms with E-state index in [4.69, 9.17) is 34.8 Å². The van der Waals surface area contributed by atoms with Crippen LogP contribution in [0.4, 0.5) is 0 Å². The molecule has 0 unspecified atom stereocenters. The number of pyridine rings is 2. The number of benzene rings is 2. The summed E-state index contributed by atoms with van der Waals surface area (Å²) in [5.41, 5.74) is 1.80. The highest BCUT2D eigenvalue weighted by Crippen LogP contribution is 2.36. The van der Waals surface area contributed by atoms with Crippen LogP contribution < -0.4 is 0 Å². The Bertz CT molecular complexity index is 1080. The highest BCUT2D eigenvalue weighted by molar-refractivity contribution is 6.39. The zero-order valence-electron chi connectivity index (χ0n) is 13.5. The molecule has 4 nitrogen and oxygen atoms in total. The van der Waals surface area contributed by atoms with Crippen LogP contribution in [0.25, 0.3) is 21.8 Å². The molecule has 132 valence electrons. The van der Waals surface area contributed by atoms with Gasteiger partial charge in [-0.1, -0.05) is 34.8 Å². The number of halogens is 3. The molecule has 0 aliphatic carbocycles. The van der Waals surface area contributed by atoms with Crippen LogP contribution in [0.3, 0.4) is 0 Å². The van der Waals surface area contributed by atoms with Crippen molar-refractivity contribution in [2.24, 2.45) is 0 Å². The summed E-state index contributed by atoms with van der Waals surface area (Å²) in [5, 5.41) is 21.8. The van der Waals surface area contributed by atoms with E-state index in [1.807, 2.05) is 25.1 Å². The Balaban J connectivity index is 0.000000152. The molecule has 4 aromatic rings. The normalized spacial score (nSPS) is 10.6. The number of hydrogen-bond donors (Lipinski definition) is 2. The second-order valence-electron chi connectivity index (χ2n) is 5.50. The second-order valence-corrected chi connectivity index (χ2v) is 6.73. The molecule has 26 heavy (non-hydrogen) atoms. The third kappa shape index (κ3) is 3.63. The molecule has 2 heterocycles. The zero-order chi connectivity index (χ0) is 18.8. The first kappa shape index (κ1) is 18.5. The summed E-state index contributed by atoms with van der Waals surface area (Å²) in [4.78, 5) is 8.19. The lowest BCUT2D eigenvalue weighted by molar-refractivity contribution is 0.480. The van der Waals surface area contributed by atoms with E-state index in [2.05, 4.69) is 9.97 Å². The molecule has 7 heteroatoms. The molecule has 0 radical (unpaired) electrons. The topological polar surface area (TPSA) is 66.2 Å². The molecule has 0 saturated heterocycles. The fraction of sp³-hybridized carbons (Fsp3) is 0.0526. The molecule has 0 atom stereocenters. The highest BCUT2D eigenvalue weighted by Gasteiger charge is 2.10. The van der Waals surface area contributed by atoms with Gasteiger partial charge in [0.1, 0.15) is 16.8 Å². The van der Waals surface area contributed by atoms with Gasteiger partial charge in [0.05, 0.1) is 15.1 Å². The van der Waals surface area contributed by atoms with Crippen LogP contribution in [0.5, 0.6) is 11.5 Å². The minimum absolute atomic E-state index is 0.0187. The van der Waals surface area contributed by atoms with E-state index in [0.29, 0.717) is 26.5 Å². The Labute approximate surface area is 164 Å². The predicted octanol–water partition coefficient (Wildman–Crippen LogP) is 6.15. The highest BCUT2D eigenvalue weighted by atomic mass is 35.5. The standard InChI is InChI=1S/C10H7Cl2NO.C9H6ClNO/c1-5-2-3-6-7(11)4-8(12)10(14)9(6)13-5;10-7-3-4-8(12)9-6(7)2-1-5-11-9/h2-4,14H,1H3;1-5,12H. The van der Waals surface area contributed by atoms with Gasteiger partial charge in [-0.15, -0.1) is 0 Å². The van der Waals surface area contributed by atoms with Crippen LogP contribution in [0.2, 0.25) is 15.1 Å². The Morgan fingerprint density at radius 2 is 1.54 bits per heavy atom. The van der Waals surface area contributed by atoms with E-state index in [-0.39, 0.29) is 16.5 Å². The summed E-state index contributed by atoms with van der Waals surface area (Å²) in [6, 6.07) is 12.0. The second kappa shape index (κ2) is 7.54. The average molecular weight is 408 g/mol. The number of nitrogens with zero attached hydrogens (tertiary/aromatic N) is 2. The number of hydrogen-bond acceptors (Lipinski definition) is 4. The zero-order valence-corrected chi connectivity index (χ0v) is 15.8. The van der Waals surface area contributed by atoms with E-state index in [9.17, 15) is 10.2 Å². The van der Waals surface area contributed by atoms with Crippen molar-refractivity contribution in [3.05, 3.63) is 69.4 Å². The Hall–Kier alpha value is -2.27. The number of aryl methyl sites for hydroxylation is 1. The summed E-state index contributed by atoms with van der Waals surface area (Å²) in [6.45, 7) is 1.84. The van der Waals surface area contributed by atoms with Gasteiger partial charge in [0, 0.05) is 22.7 Å². The number of phenols is 2. The number of fused-ring (bicyclic) bond motifs is 2. The van der Waals surface area contributed by atoms with E-state index in [0.717, 1.165) is 11.1 Å². The van der Waals surface area contributed by atoms with Gasteiger partial charge in [-0.3, -0.25) is 4.98 Å². The van der Waals surface area contributed by atoms with Crippen molar-refractivity contribution in [3.8, 4) is 11.5 Å². The van der Waals surface area contributed by atoms with Gasteiger partial charge in [0.25, 0.3) is 0 Å². The van der Waals surface area contributed by atoms with Gasteiger partial charge in [-0.2, -0.15) is 0 Å². The number of rotatable bonds is 0. The molecule has 2 N–H and O–H groups in total. The molecule has 4 rings (SSSR count). The lowest BCUT2D eigenvalue weighted by Crippen LogP contribution is -1.85. The van der Waals surface area contributed by atoms with Crippen molar-refractivity contribution in [3.63, 3.8) is 0 Å². The van der Waals surface area contributed by atoms with Gasteiger partial charge in [0.2, 0.25) is 0 Å². The molecule has 0 spiro atoms. The summed E-state index contributed by atoms with van der Waals surface area (Å²) < 4.78 is 0. The quantitative estimate of drug-likeness (QED) is 0.367. The summed E-state index contributed by atoms with van der Waals surface area (Å²) in [7, 11) is 0. The fourth-order valence-electron chi connectivity index (χ4n) is 2.42. The number of aromatic nitrogens is 2. The molecule has 2 aromatic carbocycles. The maximum absolute atomic E-state index is 9.65. The van der Waals surface area contributed by atoms with Gasteiger partial charge in [-0.25, -0.2) is 4.98 Å². The van der Waals surface area contributed by atoms with Crippen LogP contribution in [0.15, 0.2) is 48.7 Å². The number of phenolic OH excluding ortho intramolecular Hbond substituents is 2. The molecule has 0 amide bonds. The van der Waals surface area contributed by atoms with Gasteiger partial charge >= 0.3 is 0 Å². The molecule has 0 bridgehead atoms. The fourth-order valence-corrected chi connectivity index (χ4v) is 3.15. The maximum Gasteiger partial charge on any atom is 0.160 e. The van der Waals surface area contributed by atoms with E-state index in [1.54, 1.807) is 18.3 Å². The average Bonchev–Trinajstić information content (AvgIpc) is 2.64. The van der Waals surface area contributed by atoms with Crippen molar-refractivity contribution < 1.29 is 10.2 Å². The van der Waals surface area contributed by atoms with Crippen LogP contribution in [-0.4, -0.2) is 20.2 Å². The Morgan fingerprint density at radius 3 is 2.27 bits per heavy atom. The minimum atomic E-state index is -0.0187. The summed E-state index contributed by atoms with van der Waals surface area (Å²) in [6.07, 6.45) is 1.62. The van der Waals surface area contributed by atoms with Crippen LogP contribution in [0, 0.1) is 6.92 Å². The Kier molecular flexibility index (Phi) is 5.37. The van der Waals surface area contributed by atoms with E-state index in [1.165, 1.54) is 12.1 Å². The van der Waals surface area contributed by atoms with E-state index >= 15 is 0 Å². The summed E-state index contributed by atoms with van der Waals surface area (Å²) >= 11 is 17.6. The first-order chi connectivity index (χ1) is 12.4. The third-order valence-electron chi connectivity index (χ3n) is 3.69. The predicted molar refractivity (Wildman–Crippen MR) is 107 cm³/mol. The van der Waals surface area contributed by atoms with Crippen molar-refractivity contribution in [2.45, 2.75) is 6.92 Å².